The summed E-state index contributed by atoms with van der Waals surface area (Å²) in [4.78, 5) is 0. The minimum atomic E-state index is -1.21. The summed E-state index contributed by atoms with van der Waals surface area (Å²) >= 11 is 0. The van der Waals surface area contributed by atoms with Gasteiger partial charge in [0.2, 0.25) is 0 Å². The van der Waals surface area contributed by atoms with E-state index in [9.17, 15) is 10.2 Å². The van der Waals surface area contributed by atoms with Crippen LogP contribution in [0.25, 0.3) is 0 Å². The molecule has 0 aliphatic carbocycles. The molecule has 47 heavy (non-hydrogen) atoms. The molecule has 0 aromatic rings. The van der Waals surface area contributed by atoms with Crippen molar-refractivity contribution in [3.8, 4) is 0 Å². The smallest absolute Gasteiger partial charge is 0.187 e. The van der Waals surface area contributed by atoms with E-state index in [1.807, 2.05) is 0 Å². The molecule has 2 aliphatic heterocycles. The predicted octanol–water partition coefficient (Wildman–Crippen LogP) is 5.55. The first-order valence-corrected chi connectivity index (χ1v) is 18.9. The van der Waals surface area contributed by atoms with Gasteiger partial charge in [-0.1, -0.05) is 80.1 Å². The second-order valence-corrected chi connectivity index (χ2v) is 12.8. The van der Waals surface area contributed by atoms with Crippen LogP contribution in [-0.2, 0) is 42.6 Å². The third-order valence-corrected chi connectivity index (χ3v) is 8.60. The molecule has 280 valence electrons. The number of aliphatic hydroxyl groups is 2. The van der Waals surface area contributed by atoms with Crippen LogP contribution in [0.4, 0.5) is 0 Å². The van der Waals surface area contributed by atoms with Crippen molar-refractivity contribution < 1.29 is 52.8 Å². The van der Waals surface area contributed by atoms with Crippen molar-refractivity contribution in [2.45, 2.75) is 180 Å². The lowest BCUT2D eigenvalue weighted by Crippen LogP contribution is -2.66. The van der Waals surface area contributed by atoms with Gasteiger partial charge in [0.15, 0.2) is 12.6 Å². The van der Waals surface area contributed by atoms with Crippen molar-refractivity contribution in [1.82, 2.24) is 0 Å². The molecule has 2 heterocycles. The molecule has 6 unspecified atom stereocenters. The molecular weight excluding hydrogens is 608 g/mol. The highest BCUT2D eigenvalue weighted by Gasteiger charge is 2.53. The van der Waals surface area contributed by atoms with Crippen LogP contribution < -0.4 is 0 Å². The Morgan fingerprint density at radius 2 is 0.872 bits per heavy atom. The molecular formula is C36H70O11. The van der Waals surface area contributed by atoms with Crippen molar-refractivity contribution >= 4 is 0 Å². The van der Waals surface area contributed by atoms with E-state index in [1.54, 1.807) is 0 Å². The van der Waals surface area contributed by atoms with Gasteiger partial charge < -0.3 is 52.8 Å². The van der Waals surface area contributed by atoms with Crippen molar-refractivity contribution in [2.75, 3.05) is 52.9 Å². The van der Waals surface area contributed by atoms with E-state index in [0.717, 1.165) is 77.0 Å². The Balaban J connectivity index is 2.47. The van der Waals surface area contributed by atoms with Gasteiger partial charge in [0.1, 0.15) is 48.8 Å². The van der Waals surface area contributed by atoms with Crippen LogP contribution in [0.2, 0.25) is 0 Å². The lowest BCUT2D eigenvalue weighted by Gasteiger charge is -2.49. The Hall–Kier alpha value is -0.440. The first-order chi connectivity index (χ1) is 23.0. The van der Waals surface area contributed by atoms with Gasteiger partial charge in [-0.15, -0.1) is 0 Å². The largest absolute Gasteiger partial charge is 0.387 e. The number of hydrogen-bond acceptors (Lipinski definition) is 11. The Kier molecular flexibility index (Phi) is 24.0. The summed E-state index contributed by atoms with van der Waals surface area (Å²) in [5.74, 6) is 0. The highest BCUT2D eigenvalue weighted by Crippen LogP contribution is 2.34. The van der Waals surface area contributed by atoms with Gasteiger partial charge in [-0.05, 0) is 38.5 Å². The Labute approximate surface area is 285 Å². The van der Waals surface area contributed by atoms with E-state index in [2.05, 4.69) is 41.5 Å². The molecule has 0 amide bonds. The Morgan fingerprint density at radius 3 is 1.38 bits per heavy atom. The van der Waals surface area contributed by atoms with Gasteiger partial charge in [0.25, 0.3) is 0 Å². The fraction of sp³-hybridized carbons (Fsp3) is 1.00. The van der Waals surface area contributed by atoms with E-state index in [0.29, 0.717) is 39.6 Å². The standard InChI is InChI=1S/C36H70O11/c1-7-13-19-39-25-27-29(37)31(41-21-15-9-3)34(44-24-18-12-6)36(46-27)47-30-28(26-40-20-14-8-2)45-35(38)33(43-23-17-11-5)32(30)42-22-16-10-4/h27-38H,7-26H2,1-6H3/t27?,28?,29-,30+,31?,32?,33?,34?,35+,36-/m0/s1. The zero-order valence-electron chi connectivity index (χ0n) is 30.5. The first kappa shape index (κ1) is 42.7. The summed E-state index contributed by atoms with van der Waals surface area (Å²) in [6.07, 6.45) is 2.99. The van der Waals surface area contributed by atoms with Crippen molar-refractivity contribution in [1.29, 1.82) is 0 Å². The number of rotatable bonds is 28. The maximum Gasteiger partial charge on any atom is 0.187 e. The van der Waals surface area contributed by atoms with E-state index >= 15 is 0 Å². The van der Waals surface area contributed by atoms with E-state index in [-0.39, 0.29) is 13.2 Å². The van der Waals surface area contributed by atoms with Gasteiger partial charge in [0, 0.05) is 39.6 Å². The van der Waals surface area contributed by atoms with Crippen LogP contribution in [0.5, 0.6) is 0 Å². The van der Waals surface area contributed by atoms with Gasteiger partial charge in [-0.25, -0.2) is 0 Å². The molecule has 11 heteroatoms. The Bertz CT molecular complexity index is 731. The maximum atomic E-state index is 11.6. The third kappa shape index (κ3) is 15.1. The lowest BCUT2D eigenvalue weighted by atomic mass is 9.96. The van der Waals surface area contributed by atoms with Gasteiger partial charge >= 0.3 is 0 Å². The molecule has 2 aliphatic rings. The number of hydrogen-bond donors (Lipinski definition) is 2. The average Bonchev–Trinajstić information content (AvgIpc) is 3.06. The van der Waals surface area contributed by atoms with Gasteiger partial charge in [-0.3, -0.25) is 0 Å². The zero-order valence-corrected chi connectivity index (χ0v) is 30.5. The van der Waals surface area contributed by atoms with Crippen LogP contribution in [-0.4, -0.2) is 124 Å². The highest BCUT2D eigenvalue weighted by molar-refractivity contribution is 4.96. The molecule has 2 fully saturated rings. The Morgan fingerprint density at radius 1 is 0.447 bits per heavy atom. The predicted molar refractivity (Wildman–Crippen MR) is 180 cm³/mol. The SMILES string of the molecule is CCCCOCC1O[C@@H](O[C@@H]2C(COCCCC)O[C@@H](O)C(OCCCC)C2OCCCC)C(OCCCC)C(OCCCC)[C@H]1O. The minimum absolute atomic E-state index is 0.193. The summed E-state index contributed by atoms with van der Waals surface area (Å²) < 4.78 is 57.0. The van der Waals surface area contributed by atoms with E-state index in [1.165, 1.54) is 0 Å². The molecule has 2 saturated heterocycles. The molecule has 0 saturated carbocycles. The number of unbranched alkanes of at least 4 members (excludes halogenated alkanes) is 6. The lowest BCUT2D eigenvalue weighted by molar-refractivity contribution is -0.368. The molecule has 10 atom stereocenters. The number of ether oxygens (including phenoxy) is 9. The number of aliphatic hydroxyl groups excluding tert-OH is 2. The second-order valence-electron chi connectivity index (χ2n) is 12.8. The quantitative estimate of drug-likeness (QED) is 0.101. The van der Waals surface area contributed by atoms with Crippen LogP contribution in [0.15, 0.2) is 0 Å². The minimum Gasteiger partial charge on any atom is -0.387 e. The van der Waals surface area contributed by atoms with Crippen molar-refractivity contribution in [3.05, 3.63) is 0 Å². The third-order valence-electron chi connectivity index (χ3n) is 8.60. The molecule has 0 radical (unpaired) electrons. The summed E-state index contributed by atoms with van der Waals surface area (Å²) in [5, 5.41) is 22.8. The summed E-state index contributed by atoms with van der Waals surface area (Å²) in [6.45, 7) is 16.0. The van der Waals surface area contributed by atoms with Crippen molar-refractivity contribution in [3.63, 3.8) is 0 Å². The first-order valence-electron chi connectivity index (χ1n) is 18.9. The average molecular weight is 679 g/mol. The maximum absolute atomic E-state index is 11.6. The molecule has 2 N–H and O–H groups in total. The fourth-order valence-corrected chi connectivity index (χ4v) is 5.57. The van der Waals surface area contributed by atoms with Gasteiger partial charge in [-0.2, -0.15) is 0 Å². The van der Waals surface area contributed by atoms with E-state index in [4.69, 9.17) is 42.6 Å². The van der Waals surface area contributed by atoms with Crippen LogP contribution in [0.1, 0.15) is 119 Å². The molecule has 0 spiro atoms. The van der Waals surface area contributed by atoms with Crippen LogP contribution >= 0.6 is 0 Å². The molecule has 0 aromatic carbocycles. The van der Waals surface area contributed by atoms with Crippen LogP contribution in [0, 0.1) is 0 Å². The normalized spacial score (nSPS) is 31.4. The summed E-state index contributed by atoms with van der Waals surface area (Å²) in [6, 6.07) is 0. The molecule has 0 aromatic heterocycles. The second kappa shape index (κ2) is 26.4. The zero-order chi connectivity index (χ0) is 34.3. The monoisotopic (exact) mass is 678 g/mol. The highest BCUT2D eigenvalue weighted by atomic mass is 16.7. The summed E-state index contributed by atoms with van der Waals surface area (Å²) in [7, 11) is 0. The molecule has 2 rings (SSSR count). The van der Waals surface area contributed by atoms with Crippen molar-refractivity contribution in [2.24, 2.45) is 0 Å². The van der Waals surface area contributed by atoms with Gasteiger partial charge in [0.05, 0.1) is 13.2 Å². The van der Waals surface area contributed by atoms with Crippen LogP contribution in [0.3, 0.4) is 0 Å². The topological polar surface area (TPSA) is 124 Å². The van der Waals surface area contributed by atoms with E-state index < -0.39 is 61.4 Å². The summed E-state index contributed by atoms with van der Waals surface area (Å²) in [5.41, 5.74) is 0. The molecule has 11 nitrogen and oxygen atoms in total. The molecule has 0 bridgehead atoms. The fourth-order valence-electron chi connectivity index (χ4n) is 5.57.